The van der Waals surface area contributed by atoms with Crippen LogP contribution in [0.5, 0.6) is 0 Å². The highest BCUT2D eigenvalue weighted by Gasteiger charge is 2.26. The Kier molecular flexibility index (Phi) is 6.46. The highest BCUT2D eigenvalue weighted by Crippen LogP contribution is 2.20. The van der Waals surface area contributed by atoms with Crippen molar-refractivity contribution in [1.29, 1.82) is 0 Å². The summed E-state index contributed by atoms with van der Waals surface area (Å²) in [5, 5.41) is 0. The number of unbranched alkanes of at least 4 members (excludes halogenated alkanes) is 1. The van der Waals surface area contributed by atoms with E-state index < -0.39 is 0 Å². The van der Waals surface area contributed by atoms with Gasteiger partial charge in [-0.05, 0) is 45.3 Å². The van der Waals surface area contributed by atoms with Gasteiger partial charge in [-0.25, -0.2) is 0 Å². The number of ether oxygens (including phenoxy) is 1. The third-order valence-corrected chi connectivity index (χ3v) is 4.33. The Morgan fingerprint density at radius 3 is 2.83 bits per heavy atom. The van der Waals surface area contributed by atoms with E-state index in [-0.39, 0.29) is 0 Å². The standard InChI is InChI=1S/C15H30N2O/c1-2-3-12-18-13-11-16-8-6-10-17-9-5-4-7-15(17)14-16/h15H,2-14H2,1H3. The Morgan fingerprint density at radius 1 is 1.06 bits per heavy atom. The molecule has 0 aromatic heterocycles. The SMILES string of the molecule is CCCCOCCN1CCCN2CCCCC2C1. The van der Waals surface area contributed by atoms with Crippen LogP contribution in [0.25, 0.3) is 0 Å². The molecule has 0 aromatic carbocycles. The maximum absolute atomic E-state index is 5.70. The van der Waals surface area contributed by atoms with Crippen LogP contribution >= 0.6 is 0 Å². The van der Waals surface area contributed by atoms with E-state index in [9.17, 15) is 0 Å². The Balaban J connectivity index is 1.66. The third kappa shape index (κ3) is 4.52. The molecule has 0 aromatic rings. The second-order valence-electron chi connectivity index (χ2n) is 5.81. The molecule has 1 unspecified atom stereocenters. The second kappa shape index (κ2) is 8.13. The van der Waals surface area contributed by atoms with E-state index in [1.165, 1.54) is 64.7 Å². The molecule has 2 fully saturated rings. The molecule has 0 amide bonds. The zero-order valence-electron chi connectivity index (χ0n) is 12.1. The van der Waals surface area contributed by atoms with Crippen LogP contribution in [0.3, 0.4) is 0 Å². The minimum Gasteiger partial charge on any atom is -0.380 e. The topological polar surface area (TPSA) is 15.7 Å². The molecular weight excluding hydrogens is 224 g/mol. The van der Waals surface area contributed by atoms with Gasteiger partial charge >= 0.3 is 0 Å². The van der Waals surface area contributed by atoms with E-state index in [0.717, 1.165) is 25.8 Å². The normalized spacial score (nSPS) is 26.8. The fourth-order valence-electron chi connectivity index (χ4n) is 3.19. The number of nitrogens with zero attached hydrogens (tertiary/aromatic N) is 2. The quantitative estimate of drug-likeness (QED) is 0.677. The van der Waals surface area contributed by atoms with Gasteiger partial charge in [0.05, 0.1) is 6.61 Å². The number of piperidine rings is 1. The molecule has 2 rings (SSSR count). The average molecular weight is 254 g/mol. The van der Waals surface area contributed by atoms with Gasteiger partial charge in [0.15, 0.2) is 0 Å². The van der Waals surface area contributed by atoms with Crippen molar-refractivity contribution in [2.75, 3.05) is 45.9 Å². The summed E-state index contributed by atoms with van der Waals surface area (Å²) < 4.78 is 5.70. The Hall–Kier alpha value is -0.120. The predicted octanol–water partition coefficient (Wildman–Crippen LogP) is 2.36. The first kappa shape index (κ1) is 14.3. The van der Waals surface area contributed by atoms with Crippen molar-refractivity contribution in [2.45, 2.75) is 51.5 Å². The van der Waals surface area contributed by atoms with Crippen molar-refractivity contribution < 1.29 is 4.74 Å². The first-order valence-electron chi connectivity index (χ1n) is 7.94. The van der Waals surface area contributed by atoms with Crippen molar-refractivity contribution in [3.8, 4) is 0 Å². The van der Waals surface area contributed by atoms with Crippen molar-refractivity contribution >= 4 is 0 Å². The molecule has 3 nitrogen and oxygen atoms in total. The van der Waals surface area contributed by atoms with E-state index in [1.807, 2.05) is 0 Å². The summed E-state index contributed by atoms with van der Waals surface area (Å²) in [6.45, 7) is 10.4. The predicted molar refractivity (Wildman–Crippen MR) is 76.0 cm³/mol. The van der Waals surface area contributed by atoms with E-state index in [2.05, 4.69) is 16.7 Å². The Bertz CT molecular complexity index is 223. The van der Waals surface area contributed by atoms with Gasteiger partial charge in [0.1, 0.15) is 0 Å². The molecule has 2 aliphatic rings. The average Bonchev–Trinajstić information content (AvgIpc) is 2.60. The molecule has 0 radical (unpaired) electrons. The number of hydrogen-bond donors (Lipinski definition) is 0. The lowest BCUT2D eigenvalue weighted by Gasteiger charge is -2.35. The van der Waals surface area contributed by atoms with Crippen molar-refractivity contribution in [3.63, 3.8) is 0 Å². The molecule has 3 heteroatoms. The molecule has 2 aliphatic heterocycles. The monoisotopic (exact) mass is 254 g/mol. The van der Waals surface area contributed by atoms with Crippen LogP contribution < -0.4 is 0 Å². The van der Waals surface area contributed by atoms with Gasteiger partial charge in [0, 0.05) is 25.7 Å². The van der Waals surface area contributed by atoms with Gasteiger partial charge in [-0.3, -0.25) is 9.80 Å². The molecule has 106 valence electrons. The molecule has 0 N–H and O–H groups in total. The third-order valence-electron chi connectivity index (χ3n) is 4.33. The van der Waals surface area contributed by atoms with Crippen molar-refractivity contribution in [2.24, 2.45) is 0 Å². The number of rotatable bonds is 6. The van der Waals surface area contributed by atoms with Crippen LogP contribution in [-0.4, -0.2) is 61.8 Å². The Labute approximate surface area is 112 Å². The maximum Gasteiger partial charge on any atom is 0.0593 e. The van der Waals surface area contributed by atoms with Gasteiger partial charge in [-0.2, -0.15) is 0 Å². The van der Waals surface area contributed by atoms with Crippen LogP contribution in [0.1, 0.15) is 45.4 Å². The molecule has 18 heavy (non-hydrogen) atoms. The largest absolute Gasteiger partial charge is 0.380 e. The minimum atomic E-state index is 0.830. The van der Waals surface area contributed by atoms with Crippen LogP contribution in [0.15, 0.2) is 0 Å². The smallest absolute Gasteiger partial charge is 0.0593 e. The van der Waals surface area contributed by atoms with E-state index in [1.54, 1.807) is 0 Å². The summed E-state index contributed by atoms with van der Waals surface area (Å²) in [7, 11) is 0. The van der Waals surface area contributed by atoms with Crippen LogP contribution in [-0.2, 0) is 4.74 Å². The zero-order valence-corrected chi connectivity index (χ0v) is 12.1. The summed E-state index contributed by atoms with van der Waals surface area (Å²) in [6, 6.07) is 0.830. The van der Waals surface area contributed by atoms with E-state index in [0.29, 0.717) is 0 Å². The molecule has 0 spiro atoms. The summed E-state index contributed by atoms with van der Waals surface area (Å²) >= 11 is 0. The molecular formula is C15H30N2O. The van der Waals surface area contributed by atoms with Gasteiger partial charge in [-0.15, -0.1) is 0 Å². The molecule has 2 heterocycles. The fraction of sp³-hybridized carbons (Fsp3) is 1.00. The number of hydrogen-bond acceptors (Lipinski definition) is 3. The van der Waals surface area contributed by atoms with Crippen LogP contribution in [0.4, 0.5) is 0 Å². The molecule has 2 saturated heterocycles. The van der Waals surface area contributed by atoms with Crippen molar-refractivity contribution in [1.82, 2.24) is 9.80 Å². The van der Waals surface area contributed by atoms with E-state index >= 15 is 0 Å². The lowest BCUT2D eigenvalue weighted by atomic mass is 10.0. The fourth-order valence-corrected chi connectivity index (χ4v) is 3.19. The number of fused-ring (bicyclic) bond motifs is 1. The summed E-state index contributed by atoms with van der Waals surface area (Å²) in [5.74, 6) is 0. The van der Waals surface area contributed by atoms with Gasteiger partial charge < -0.3 is 4.74 Å². The highest BCUT2D eigenvalue weighted by atomic mass is 16.5. The minimum absolute atomic E-state index is 0.830. The Morgan fingerprint density at radius 2 is 1.94 bits per heavy atom. The lowest BCUT2D eigenvalue weighted by molar-refractivity contribution is 0.0896. The van der Waals surface area contributed by atoms with Crippen LogP contribution in [0, 0.1) is 0 Å². The van der Waals surface area contributed by atoms with Crippen molar-refractivity contribution in [3.05, 3.63) is 0 Å². The van der Waals surface area contributed by atoms with E-state index in [4.69, 9.17) is 4.74 Å². The van der Waals surface area contributed by atoms with Gasteiger partial charge in [0.2, 0.25) is 0 Å². The molecule has 0 saturated carbocycles. The van der Waals surface area contributed by atoms with Gasteiger partial charge in [0.25, 0.3) is 0 Å². The lowest BCUT2D eigenvalue weighted by Crippen LogP contribution is -2.44. The summed E-state index contributed by atoms with van der Waals surface area (Å²) in [5.41, 5.74) is 0. The maximum atomic E-state index is 5.70. The first-order chi connectivity index (χ1) is 8.90. The van der Waals surface area contributed by atoms with Crippen LogP contribution in [0.2, 0.25) is 0 Å². The summed E-state index contributed by atoms with van der Waals surface area (Å²) in [6.07, 6.45) is 8.04. The first-order valence-corrected chi connectivity index (χ1v) is 7.94. The van der Waals surface area contributed by atoms with Gasteiger partial charge in [-0.1, -0.05) is 19.8 Å². The molecule has 0 aliphatic carbocycles. The summed E-state index contributed by atoms with van der Waals surface area (Å²) in [4.78, 5) is 5.35. The zero-order chi connectivity index (χ0) is 12.6. The highest BCUT2D eigenvalue weighted by molar-refractivity contribution is 4.83. The second-order valence-corrected chi connectivity index (χ2v) is 5.81. The molecule has 1 atom stereocenters. The molecule has 0 bridgehead atoms.